The smallest absolute Gasteiger partial charge is 0.236 e. The van der Waals surface area contributed by atoms with Gasteiger partial charge in [0, 0.05) is 50.6 Å². The summed E-state index contributed by atoms with van der Waals surface area (Å²) in [5.41, 5.74) is 9.85. The highest BCUT2D eigenvalue weighted by atomic mass is 16.5. The molecule has 2 aliphatic rings. The molecule has 0 spiro atoms. The first-order valence-corrected chi connectivity index (χ1v) is 15.0. The van der Waals surface area contributed by atoms with E-state index in [0.717, 1.165) is 63.0 Å². The molecule has 0 saturated carbocycles. The number of amides is 1. The van der Waals surface area contributed by atoms with Gasteiger partial charge in [-0.05, 0) is 43.2 Å². The second kappa shape index (κ2) is 14.2. The van der Waals surface area contributed by atoms with Crippen LogP contribution in [0.25, 0.3) is 11.0 Å². The Morgan fingerprint density at radius 1 is 1.14 bits per heavy atom. The van der Waals surface area contributed by atoms with Gasteiger partial charge in [-0.25, -0.2) is 4.98 Å². The number of carbonyl (C=O) groups excluding carboxylic acids is 1. The third-order valence-electron chi connectivity index (χ3n) is 8.29. The highest BCUT2D eigenvalue weighted by Crippen LogP contribution is 2.30. The molecule has 0 unspecified atom stereocenters. The number of carbonyl (C=O) groups is 1. The zero-order chi connectivity index (χ0) is 29.5. The van der Waals surface area contributed by atoms with Crippen molar-refractivity contribution >= 4 is 28.7 Å². The van der Waals surface area contributed by atoms with Crippen molar-refractivity contribution in [3.8, 4) is 0 Å². The molecule has 5 N–H and O–H groups in total. The number of morpholine rings is 1. The van der Waals surface area contributed by atoms with Crippen LogP contribution in [0.2, 0.25) is 0 Å². The molecule has 0 bridgehead atoms. The van der Waals surface area contributed by atoms with Gasteiger partial charge in [0.1, 0.15) is 11.0 Å². The number of aromatic nitrogens is 5. The Kier molecular flexibility index (Phi) is 10.2. The Balaban J connectivity index is 1.28. The quantitative estimate of drug-likeness (QED) is 0.244. The number of rotatable bonds is 12. The van der Waals surface area contributed by atoms with Crippen molar-refractivity contribution in [3.63, 3.8) is 0 Å². The number of hydrogen-bond acceptors (Lipinski definition) is 11. The van der Waals surface area contributed by atoms with E-state index in [4.69, 9.17) is 15.5 Å². The van der Waals surface area contributed by atoms with Gasteiger partial charge in [-0.2, -0.15) is 10.1 Å². The van der Waals surface area contributed by atoms with Crippen molar-refractivity contribution in [1.82, 2.24) is 34.5 Å². The number of nitrogens with two attached hydrogens (primary N) is 1. The number of nitrogens with one attached hydrogen (secondary N) is 1. The van der Waals surface area contributed by atoms with Gasteiger partial charge in [-0.15, -0.1) is 0 Å². The number of nitrogen functional groups attached to an aromatic ring is 1. The molecule has 0 radical (unpaired) electrons. The summed E-state index contributed by atoms with van der Waals surface area (Å²) < 4.78 is 7.17. The Morgan fingerprint density at radius 3 is 2.64 bits per heavy atom. The fourth-order valence-electron chi connectivity index (χ4n) is 5.94. The fourth-order valence-corrected chi connectivity index (χ4v) is 5.94. The minimum atomic E-state index is -0.143. The minimum absolute atomic E-state index is 0.0346. The van der Waals surface area contributed by atoms with E-state index in [-0.39, 0.29) is 37.0 Å². The van der Waals surface area contributed by atoms with Gasteiger partial charge in [0.15, 0.2) is 5.82 Å². The number of anilines is 2. The normalized spacial score (nSPS) is 17.5. The molecule has 42 heavy (non-hydrogen) atoms. The molecule has 2 fully saturated rings. The zero-order valence-electron chi connectivity index (χ0n) is 24.4. The van der Waals surface area contributed by atoms with E-state index in [1.807, 2.05) is 17.2 Å². The largest absolute Gasteiger partial charge is 0.396 e. The summed E-state index contributed by atoms with van der Waals surface area (Å²) in [7, 11) is 0. The molecule has 3 aromatic rings. The third-order valence-corrected chi connectivity index (χ3v) is 8.29. The summed E-state index contributed by atoms with van der Waals surface area (Å²) in [4.78, 5) is 30.5. The second-order valence-electron chi connectivity index (χ2n) is 11.2. The number of ether oxygens (including phenoxy) is 1. The molecular formula is C29H43N9O4. The van der Waals surface area contributed by atoms with Crippen LogP contribution in [0.3, 0.4) is 0 Å². The van der Waals surface area contributed by atoms with Crippen LogP contribution < -0.4 is 11.1 Å². The Bertz CT molecular complexity index is 1330. The molecule has 5 heterocycles. The number of hydrogen-bond donors (Lipinski definition) is 4. The predicted octanol–water partition coefficient (Wildman–Crippen LogP) is 1.35. The van der Waals surface area contributed by atoms with E-state index in [9.17, 15) is 15.0 Å². The van der Waals surface area contributed by atoms with E-state index in [2.05, 4.69) is 32.2 Å². The highest BCUT2D eigenvalue weighted by molar-refractivity contribution is 5.86. The number of aliphatic hydroxyl groups excluding tert-OH is 2. The molecule has 1 atom stereocenters. The van der Waals surface area contributed by atoms with E-state index < -0.39 is 0 Å². The van der Waals surface area contributed by atoms with Crippen LogP contribution in [-0.4, -0.2) is 109 Å². The van der Waals surface area contributed by atoms with E-state index in [1.54, 1.807) is 10.9 Å². The summed E-state index contributed by atoms with van der Waals surface area (Å²) in [5, 5.41) is 27.8. The van der Waals surface area contributed by atoms with Crippen LogP contribution in [-0.2, 0) is 22.7 Å². The lowest BCUT2D eigenvalue weighted by atomic mass is 9.89. The topological polar surface area (TPSA) is 168 Å². The van der Waals surface area contributed by atoms with Crippen LogP contribution >= 0.6 is 0 Å². The number of aliphatic hydroxyl groups is 2. The summed E-state index contributed by atoms with van der Waals surface area (Å²) >= 11 is 0. The van der Waals surface area contributed by atoms with Gasteiger partial charge in [0.2, 0.25) is 11.9 Å². The van der Waals surface area contributed by atoms with E-state index >= 15 is 0 Å². The lowest BCUT2D eigenvalue weighted by Crippen LogP contribution is -2.46. The SMILES string of the molecule is CCC[C@@H](CCO)Nc1nc(N)nc2cnn(Cc3ncc(C4CCN(C(=O)CN5CCOCC5)CC4)cc3CO)c12. The highest BCUT2D eigenvalue weighted by Gasteiger charge is 2.26. The van der Waals surface area contributed by atoms with Crippen molar-refractivity contribution in [2.45, 2.75) is 64.1 Å². The van der Waals surface area contributed by atoms with E-state index in [0.29, 0.717) is 55.3 Å². The molecule has 13 nitrogen and oxygen atoms in total. The number of pyridine rings is 1. The number of piperidine rings is 1. The molecule has 1 amide bonds. The minimum Gasteiger partial charge on any atom is -0.396 e. The molecule has 0 aromatic carbocycles. The lowest BCUT2D eigenvalue weighted by Gasteiger charge is -2.34. The predicted molar refractivity (Wildman–Crippen MR) is 159 cm³/mol. The van der Waals surface area contributed by atoms with Crippen LogP contribution in [0.1, 0.15) is 61.8 Å². The molecule has 2 saturated heterocycles. The maximum absolute atomic E-state index is 12.8. The third kappa shape index (κ3) is 7.14. The van der Waals surface area contributed by atoms with Gasteiger partial charge in [-0.1, -0.05) is 13.3 Å². The number of fused-ring (bicyclic) bond motifs is 1. The van der Waals surface area contributed by atoms with Gasteiger partial charge in [-0.3, -0.25) is 19.4 Å². The molecule has 5 rings (SSSR count). The monoisotopic (exact) mass is 581 g/mol. The molecule has 228 valence electrons. The first-order chi connectivity index (χ1) is 20.5. The van der Waals surface area contributed by atoms with Crippen molar-refractivity contribution in [2.24, 2.45) is 0 Å². The van der Waals surface area contributed by atoms with Crippen molar-refractivity contribution in [2.75, 3.05) is 63.6 Å². The average molecular weight is 582 g/mol. The van der Waals surface area contributed by atoms with Crippen molar-refractivity contribution in [3.05, 3.63) is 35.3 Å². The molecule has 13 heteroatoms. The van der Waals surface area contributed by atoms with E-state index in [1.165, 1.54) is 0 Å². The van der Waals surface area contributed by atoms with Crippen molar-refractivity contribution < 1.29 is 19.7 Å². The van der Waals surface area contributed by atoms with Crippen molar-refractivity contribution in [1.29, 1.82) is 0 Å². The number of likely N-dealkylation sites (tertiary alicyclic amines) is 1. The van der Waals surface area contributed by atoms with Gasteiger partial charge in [0.25, 0.3) is 0 Å². The Morgan fingerprint density at radius 2 is 1.93 bits per heavy atom. The molecule has 3 aromatic heterocycles. The molecular weight excluding hydrogens is 538 g/mol. The molecule has 0 aliphatic carbocycles. The second-order valence-corrected chi connectivity index (χ2v) is 11.2. The summed E-state index contributed by atoms with van der Waals surface area (Å²) in [6.07, 6.45) is 7.70. The standard InChI is InChI=1S/C29H43N9O4/c1-2-3-23(6-11-39)33-28-27-24(34-29(30)35-28)16-32-38(27)17-25-22(19-40)14-21(15-31-25)20-4-7-37(8-5-20)26(41)18-36-9-12-42-13-10-36/h14-16,20,23,39-40H,2-13,17-19H2,1H3,(H3,30,33,34,35)/t23-/m0/s1. The maximum Gasteiger partial charge on any atom is 0.236 e. The fraction of sp³-hybridized carbons (Fsp3) is 0.621. The summed E-state index contributed by atoms with van der Waals surface area (Å²) in [6, 6.07) is 2.07. The zero-order valence-corrected chi connectivity index (χ0v) is 24.4. The Labute approximate surface area is 246 Å². The van der Waals surface area contributed by atoms with Crippen LogP contribution in [0.15, 0.2) is 18.5 Å². The molecule has 2 aliphatic heterocycles. The summed E-state index contributed by atoms with van der Waals surface area (Å²) in [5.74, 6) is 1.18. The van der Waals surface area contributed by atoms with Gasteiger partial charge >= 0.3 is 0 Å². The van der Waals surface area contributed by atoms with Gasteiger partial charge in [0.05, 0.1) is 44.8 Å². The Hall–Kier alpha value is -3.39. The van der Waals surface area contributed by atoms with Crippen LogP contribution in [0.4, 0.5) is 11.8 Å². The lowest BCUT2D eigenvalue weighted by molar-refractivity contribution is -0.134. The first-order valence-electron chi connectivity index (χ1n) is 15.0. The maximum atomic E-state index is 12.8. The van der Waals surface area contributed by atoms with Gasteiger partial charge < -0.3 is 30.9 Å². The number of nitrogens with zero attached hydrogens (tertiary/aromatic N) is 7. The summed E-state index contributed by atoms with van der Waals surface area (Å²) in [6.45, 7) is 7.23. The first kappa shape index (κ1) is 30.1. The van der Waals surface area contributed by atoms with Crippen LogP contribution in [0.5, 0.6) is 0 Å². The average Bonchev–Trinajstić information content (AvgIpc) is 3.40. The van der Waals surface area contributed by atoms with Crippen LogP contribution in [0, 0.1) is 0 Å².